The minimum atomic E-state index is -3.87. The Morgan fingerprint density at radius 2 is 1.62 bits per heavy atom. The van der Waals surface area contributed by atoms with E-state index >= 15 is 0 Å². The molecule has 1 aliphatic rings. The van der Waals surface area contributed by atoms with Gasteiger partial charge < -0.3 is 4.90 Å². The molecule has 0 aliphatic carbocycles. The SMILES string of the molecule is Cc1ccc(S(=O)(=O)N(CC(=O)N2CCc3cc(Br)ccc32)Cc2ccc(Br)cc2)cc1. The van der Waals surface area contributed by atoms with Crippen LogP contribution in [-0.4, -0.2) is 31.7 Å². The van der Waals surface area contributed by atoms with Crippen molar-refractivity contribution in [1.29, 1.82) is 0 Å². The monoisotopic (exact) mass is 576 g/mol. The summed E-state index contributed by atoms with van der Waals surface area (Å²) in [5.41, 5.74) is 3.70. The average molecular weight is 578 g/mol. The second-order valence-corrected chi connectivity index (χ2v) is 11.6. The highest BCUT2D eigenvalue weighted by atomic mass is 79.9. The van der Waals surface area contributed by atoms with Gasteiger partial charge in [0, 0.05) is 27.7 Å². The van der Waals surface area contributed by atoms with Crippen LogP contribution in [0.3, 0.4) is 0 Å². The summed E-state index contributed by atoms with van der Waals surface area (Å²) in [5.74, 6) is -0.237. The highest BCUT2D eigenvalue weighted by molar-refractivity contribution is 9.10. The number of fused-ring (bicyclic) bond motifs is 1. The summed E-state index contributed by atoms with van der Waals surface area (Å²) in [6.07, 6.45) is 0.748. The first-order valence-corrected chi connectivity index (χ1v) is 13.2. The maximum absolute atomic E-state index is 13.5. The molecule has 4 rings (SSSR count). The minimum Gasteiger partial charge on any atom is -0.311 e. The topological polar surface area (TPSA) is 57.7 Å². The zero-order valence-corrected chi connectivity index (χ0v) is 21.5. The zero-order valence-electron chi connectivity index (χ0n) is 17.5. The van der Waals surface area contributed by atoms with Crippen molar-refractivity contribution in [2.24, 2.45) is 0 Å². The van der Waals surface area contributed by atoms with Gasteiger partial charge in [0.05, 0.1) is 11.4 Å². The van der Waals surface area contributed by atoms with Gasteiger partial charge in [-0.25, -0.2) is 8.42 Å². The number of aryl methyl sites for hydroxylation is 1. The molecule has 8 heteroatoms. The van der Waals surface area contributed by atoms with Crippen LogP contribution >= 0.6 is 31.9 Å². The van der Waals surface area contributed by atoms with E-state index in [1.54, 1.807) is 29.2 Å². The molecule has 1 aliphatic heterocycles. The van der Waals surface area contributed by atoms with Crippen molar-refractivity contribution in [2.45, 2.75) is 24.8 Å². The van der Waals surface area contributed by atoms with E-state index < -0.39 is 10.0 Å². The third-order valence-electron chi connectivity index (χ3n) is 5.48. The van der Waals surface area contributed by atoms with E-state index in [-0.39, 0.29) is 23.9 Å². The molecule has 0 unspecified atom stereocenters. The summed E-state index contributed by atoms with van der Waals surface area (Å²) in [6, 6.07) is 20.0. The fourth-order valence-corrected chi connectivity index (χ4v) is 5.79. The molecule has 0 bridgehead atoms. The molecule has 0 atom stereocenters. The van der Waals surface area contributed by atoms with Gasteiger partial charge in [0.15, 0.2) is 0 Å². The van der Waals surface area contributed by atoms with Crippen LogP contribution in [0.25, 0.3) is 0 Å². The number of hydrogen-bond acceptors (Lipinski definition) is 3. The Bertz CT molecular complexity index is 1240. The van der Waals surface area contributed by atoms with Crippen LogP contribution in [0.5, 0.6) is 0 Å². The first-order chi connectivity index (χ1) is 15.2. The number of rotatable bonds is 6. The molecule has 5 nitrogen and oxygen atoms in total. The Morgan fingerprint density at radius 3 is 2.31 bits per heavy atom. The minimum absolute atomic E-state index is 0.107. The van der Waals surface area contributed by atoms with Gasteiger partial charge in [-0.2, -0.15) is 4.31 Å². The van der Waals surface area contributed by atoms with Gasteiger partial charge in [0.2, 0.25) is 15.9 Å². The third kappa shape index (κ3) is 4.98. The predicted molar refractivity (Wildman–Crippen MR) is 133 cm³/mol. The largest absolute Gasteiger partial charge is 0.311 e. The molecule has 32 heavy (non-hydrogen) atoms. The van der Waals surface area contributed by atoms with E-state index in [9.17, 15) is 13.2 Å². The molecular weight excluding hydrogens is 556 g/mol. The molecule has 0 N–H and O–H groups in total. The van der Waals surface area contributed by atoms with Crippen molar-refractivity contribution in [1.82, 2.24) is 4.31 Å². The second-order valence-electron chi connectivity index (χ2n) is 7.78. The lowest BCUT2D eigenvalue weighted by Crippen LogP contribution is -2.42. The maximum Gasteiger partial charge on any atom is 0.243 e. The maximum atomic E-state index is 13.5. The van der Waals surface area contributed by atoms with Crippen molar-refractivity contribution in [2.75, 3.05) is 18.0 Å². The van der Waals surface area contributed by atoms with Crippen molar-refractivity contribution in [3.8, 4) is 0 Å². The number of amides is 1. The Kier molecular flexibility index (Phi) is 6.86. The summed E-state index contributed by atoms with van der Waals surface area (Å²) >= 11 is 6.87. The van der Waals surface area contributed by atoms with Crippen LogP contribution in [0.2, 0.25) is 0 Å². The predicted octanol–water partition coefficient (Wildman–Crippen LogP) is 5.30. The molecule has 166 valence electrons. The first kappa shape index (κ1) is 23.2. The summed E-state index contributed by atoms with van der Waals surface area (Å²) in [7, 11) is -3.87. The number of benzene rings is 3. The lowest BCUT2D eigenvalue weighted by atomic mass is 10.2. The Morgan fingerprint density at radius 1 is 0.969 bits per heavy atom. The molecule has 3 aromatic rings. The molecule has 3 aromatic carbocycles. The summed E-state index contributed by atoms with van der Waals surface area (Å²) < 4.78 is 30.1. The lowest BCUT2D eigenvalue weighted by Gasteiger charge is -2.25. The molecule has 0 saturated heterocycles. The van der Waals surface area contributed by atoms with Gasteiger partial charge in [-0.15, -0.1) is 0 Å². The van der Waals surface area contributed by atoms with Gasteiger partial charge in [-0.3, -0.25) is 4.79 Å². The van der Waals surface area contributed by atoms with Crippen LogP contribution in [0.15, 0.2) is 80.6 Å². The fraction of sp³-hybridized carbons (Fsp3) is 0.208. The molecule has 1 heterocycles. The number of anilines is 1. The van der Waals surface area contributed by atoms with Gasteiger partial charge in [0.1, 0.15) is 0 Å². The molecule has 0 aromatic heterocycles. The summed E-state index contributed by atoms with van der Waals surface area (Å²) in [5, 5.41) is 0. The highest BCUT2D eigenvalue weighted by Crippen LogP contribution is 2.31. The van der Waals surface area contributed by atoms with E-state index in [0.717, 1.165) is 37.7 Å². The van der Waals surface area contributed by atoms with Crippen molar-refractivity contribution in [3.05, 3.63) is 92.4 Å². The summed E-state index contributed by atoms with van der Waals surface area (Å²) in [4.78, 5) is 15.1. The van der Waals surface area contributed by atoms with Gasteiger partial charge >= 0.3 is 0 Å². The van der Waals surface area contributed by atoms with Crippen molar-refractivity contribution >= 4 is 53.5 Å². The summed E-state index contributed by atoms with van der Waals surface area (Å²) in [6.45, 7) is 2.32. The number of sulfonamides is 1. The number of carbonyl (C=O) groups excluding carboxylic acids is 1. The molecule has 0 saturated carbocycles. The quantitative estimate of drug-likeness (QED) is 0.399. The number of carbonyl (C=O) groups is 1. The first-order valence-electron chi connectivity index (χ1n) is 10.1. The van der Waals surface area contributed by atoms with E-state index in [4.69, 9.17) is 0 Å². The molecule has 0 radical (unpaired) electrons. The van der Waals surface area contributed by atoms with Crippen molar-refractivity contribution in [3.63, 3.8) is 0 Å². The van der Waals surface area contributed by atoms with Gasteiger partial charge in [0.25, 0.3) is 0 Å². The van der Waals surface area contributed by atoms with E-state index in [0.29, 0.717) is 6.54 Å². The second kappa shape index (κ2) is 9.47. The smallest absolute Gasteiger partial charge is 0.243 e. The van der Waals surface area contributed by atoms with Crippen LogP contribution in [0.4, 0.5) is 5.69 Å². The van der Waals surface area contributed by atoms with Gasteiger partial charge in [-0.1, -0.05) is 61.7 Å². The van der Waals surface area contributed by atoms with E-state index in [1.807, 2.05) is 49.4 Å². The van der Waals surface area contributed by atoms with Crippen LogP contribution < -0.4 is 4.90 Å². The molecule has 0 spiro atoms. The molecule has 1 amide bonds. The Hall–Kier alpha value is -2.00. The van der Waals surface area contributed by atoms with Crippen LogP contribution in [-0.2, 0) is 27.8 Å². The standard InChI is InChI=1S/C24H22Br2N2O3S/c1-17-2-9-22(10-3-17)32(30,31)27(15-18-4-6-20(25)7-5-18)16-24(29)28-13-12-19-14-21(26)8-11-23(19)28/h2-11,14H,12-13,15-16H2,1H3. The third-order valence-corrected chi connectivity index (χ3v) is 8.31. The van der Waals surface area contributed by atoms with Gasteiger partial charge in [-0.05, 0) is 66.9 Å². The molecule has 0 fully saturated rings. The van der Waals surface area contributed by atoms with Crippen LogP contribution in [0, 0.1) is 6.92 Å². The Labute approximate surface area is 205 Å². The average Bonchev–Trinajstić information content (AvgIpc) is 3.18. The number of halogens is 2. The van der Waals surface area contributed by atoms with E-state index in [1.165, 1.54) is 4.31 Å². The number of nitrogens with zero attached hydrogens (tertiary/aromatic N) is 2. The zero-order chi connectivity index (χ0) is 22.9. The number of hydrogen-bond donors (Lipinski definition) is 0. The Balaban J connectivity index is 1.64. The van der Waals surface area contributed by atoms with E-state index in [2.05, 4.69) is 31.9 Å². The lowest BCUT2D eigenvalue weighted by molar-refractivity contribution is -0.118. The highest BCUT2D eigenvalue weighted by Gasteiger charge is 2.31. The van der Waals surface area contributed by atoms with Crippen molar-refractivity contribution < 1.29 is 13.2 Å². The normalized spacial score (nSPS) is 13.4. The molecular formula is C24H22Br2N2O3S. The van der Waals surface area contributed by atoms with Crippen LogP contribution in [0.1, 0.15) is 16.7 Å². The fourth-order valence-electron chi connectivity index (χ4n) is 3.74.